The number of benzene rings is 1. The maximum absolute atomic E-state index is 13.6. The van der Waals surface area contributed by atoms with Crippen molar-refractivity contribution in [2.75, 3.05) is 25.1 Å². The number of carbonyl (C=O) groups excluding carboxylic acids is 3. The lowest BCUT2D eigenvalue weighted by Crippen LogP contribution is -2.51. The average Bonchev–Trinajstić information content (AvgIpc) is 2.89. The van der Waals surface area contributed by atoms with E-state index in [0.717, 1.165) is 24.1 Å². The van der Waals surface area contributed by atoms with Gasteiger partial charge in [-0.1, -0.05) is 59.2 Å². The van der Waals surface area contributed by atoms with Crippen LogP contribution in [0.15, 0.2) is 29.4 Å². The number of fused-ring (bicyclic) bond motifs is 1. The average molecular weight is 544 g/mol. The molecule has 2 rings (SSSR count). The van der Waals surface area contributed by atoms with E-state index in [4.69, 9.17) is 10.5 Å². The molecular weight excluding hydrogens is 496 g/mol. The van der Waals surface area contributed by atoms with E-state index in [2.05, 4.69) is 22.7 Å². The summed E-state index contributed by atoms with van der Waals surface area (Å²) < 4.78 is 4.75. The van der Waals surface area contributed by atoms with Gasteiger partial charge in [0.2, 0.25) is 11.8 Å². The highest BCUT2D eigenvalue weighted by atomic mass is 16.5. The van der Waals surface area contributed by atoms with Crippen molar-refractivity contribution in [3.63, 3.8) is 0 Å². The molecule has 1 aromatic carbocycles. The second kappa shape index (κ2) is 15.0. The Kier molecular flexibility index (Phi) is 12.3. The summed E-state index contributed by atoms with van der Waals surface area (Å²) in [6, 6.07) is 6.22. The van der Waals surface area contributed by atoms with Crippen molar-refractivity contribution in [2.45, 2.75) is 91.3 Å². The highest BCUT2D eigenvalue weighted by Crippen LogP contribution is 2.34. The summed E-state index contributed by atoms with van der Waals surface area (Å²) in [5.41, 5.74) is 17.6. The fourth-order valence-electron chi connectivity index (χ4n) is 5.23. The fourth-order valence-corrected chi connectivity index (χ4v) is 5.23. The lowest BCUT2D eigenvalue weighted by Gasteiger charge is -2.38. The lowest BCUT2D eigenvalue weighted by atomic mass is 9.78. The molecular formula is C29H47N6O4-. The first-order valence-corrected chi connectivity index (χ1v) is 14.0. The first-order valence-electron chi connectivity index (χ1n) is 14.0. The lowest BCUT2D eigenvalue weighted by molar-refractivity contribution is -0.126. The Morgan fingerprint density at radius 3 is 2.56 bits per heavy atom. The Morgan fingerprint density at radius 1 is 1.26 bits per heavy atom. The number of rotatable bonds is 14. The Bertz CT molecular complexity index is 982. The Balaban J connectivity index is 2.10. The van der Waals surface area contributed by atoms with Gasteiger partial charge >= 0.3 is 6.09 Å². The number of unbranched alkanes of at least 4 members (excludes halogenated alkanes) is 1. The van der Waals surface area contributed by atoms with Crippen molar-refractivity contribution in [3.8, 4) is 0 Å². The summed E-state index contributed by atoms with van der Waals surface area (Å²) in [5.74, 6) is -0.337. The van der Waals surface area contributed by atoms with Gasteiger partial charge in [0.1, 0.15) is 0 Å². The molecule has 10 heteroatoms. The number of para-hydroxylation sites is 1. The molecule has 1 aliphatic rings. The van der Waals surface area contributed by atoms with Crippen molar-refractivity contribution in [2.24, 2.45) is 28.1 Å². The minimum atomic E-state index is -0.625. The SMILES string of the molecule is CCCCNC(=O)[C@@H](C[C@H](N)[C@H](CC(C)(C)CC(=O)N1C[C@H](NC(=O)OC)Cc2ccccc21)N=[N-])C(C)C. The summed E-state index contributed by atoms with van der Waals surface area (Å²) in [6.45, 7) is 10.9. The number of nitrogens with zero attached hydrogens (tertiary/aromatic N) is 3. The van der Waals surface area contributed by atoms with Gasteiger partial charge in [0.05, 0.1) is 13.2 Å². The van der Waals surface area contributed by atoms with Crippen LogP contribution >= 0.6 is 0 Å². The van der Waals surface area contributed by atoms with E-state index in [0.29, 0.717) is 32.4 Å². The van der Waals surface area contributed by atoms with Gasteiger partial charge in [-0.3, -0.25) is 9.59 Å². The van der Waals surface area contributed by atoms with Crippen LogP contribution in [0, 0.1) is 17.3 Å². The number of methoxy groups -OCH3 is 1. The van der Waals surface area contributed by atoms with E-state index in [1.807, 2.05) is 52.0 Å². The molecule has 0 bridgehead atoms. The molecule has 218 valence electrons. The predicted octanol–water partition coefficient (Wildman–Crippen LogP) is 4.40. The molecule has 4 atom stereocenters. The number of amides is 3. The van der Waals surface area contributed by atoms with Crippen LogP contribution in [0.5, 0.6) is 0 Å². The van der Waals surface area contributed by atoms with E-state index in [9.17, 15) is 19.9 Å². The number of alkyl carbamates (subject to hydrolysis) is 1. The van der Waals surface area contributed by atoms with Crippen LogP contribution in [0.25, 0.3) is 5.53 Å². The molecule has 0 spiro atoms. The molecule has 0 aromatic heterocycles. The summed E-state index contributed by atoms with van der Waals surface area (Å²) in [7, 11) is 1.31. The first-order chi connectivity index (χ1) is 18.4. The molecule has 0 saturated carbocycles. The van der Waals surface area contributed by atoms with Crippen molar-refractivity contribution in [3.05, 3.63) is 35.4 Å². The third kappa shape index (κ3) is 9.60. The Hall–Kier alpha value is -3.01. The molecule has 1 heterocycles. The van der Waals surface area contributed by atoms with Crippen LogP contribution in [-0.2, 0) is 20.7 Å². The quantitative estimate of drug-likeness (QED) is 0.235. The maximum Gasteiger partial charge on any atom is 0.407 e. The summed E-state index contributed by atoms with van der Waals surface area (Å²) in [6.07, 6.45) is 2.93. The Labute approximate surface area is 233 Å². The third-order valence-corrected chi connectivity index (χ3v) is 7.49. The van der Waals surface area contributed by atoms with Crippen LogP contribution in [-0.4, -0.2) is 56.2 Å². The van der Waals surface area contributed by atoms with Crippen LogP contribution in [0.4, 0.5) is 10.5 Å². The van der Waals surface area contributed by atoms with E-state index in [-0.39, 0.29) is 36.1 Å². The smallest absolute Gasteiger partial charge is 0.407 e. The standard InChI is InChI=1S/C29H47N6O4/c1-7-8-13-32-27(37)22(19(2)3)15-23(30)24(34-31)16-29(4,5)17-26(36)35-18-21(33-28(38)39-6)14-20-11-9-10-12-25(20)35/h9-12,19,21-24H,7-8,13-18,30H2,1-6H3,(H,32,37)(H,33,38)/q-1/t21-,22+,23+,24+/m1/s1. The number of carbonyl (C=O) groups is 3. The van der Waals surface area contributed by atoms with Crippen molar-refractivity contribution in [1.82, 2.24) is 10.6 Å². The summed E-state index contributed by atoms with van der Waals surface area (Å²) in [4.78, 5) is 39.9. The van der Waals surface area contributed by atoms with Gasteiger partial charge in [-0.25, -0.2) is 4.79 Å². The zero-order valence-corrected chi connectivity index (χ0v) is 24.4. The molecule has 4 N–H and O–H groups in total. The minimum absolute atomic E-state index is 0.0288. The number of nitrogens with one attached hydrogen (secondary N) is 2. The van der Waals surface area contributed by atoms with Gasteiger partial charge in [0, 0.05) is 43.2 Å². The zero-order valence-electron chi connectivity index (χ0n) is 24.4. The van der Waals surface area contributed by atoms with Gasteiger partial charge in [0.25, 0.3) is 0 Å². The van der Waals surface area contributed by atoms with Gasteiger partial charge < -0.3 is 36.6 Å². The zero-order chi connectivity index (χ0) is 29.2. The van der Waals surface area contributed by atoms with E-state index >= 15 is 0 Å². The van der Waals surface area contributed by atoms with E-state index in [1.165, 1.54) is 7.11 Å². The summed E-state index contributed by atoms with van der Waals surface area (Å²) in [5, 5.41) is 9.39. The summed E-state index contributed by atoms with van der Waals surface area (Å²) >= 11 is 0. The van der Waals surface area contributed by atoms with Crippen LogP contribution in [0.1, 0.15) is 72.3 Å². The predicted molar refractivity (Wildman–Crippen MR) is 153 cm³/mol. The number of anilines is 1. The number of hydrogen-bond acceptors (Lipinski definition) is 6. The fraction of sp³-hybridized carbons (Fsp3) is 0.690. The highest BCUT2D eigenvalue weighted by Gasteiger charge is 2.35. The molecule has 1 aliphatic heterocycles. The van der Waals surface area contributed by atoms with Crippen LogP contribution in [0.3, 0.4) is 0 Å². The molecule has 0 aliphatic carbocycles. The van der Waals surface area contributed by atoms with Gasteiger partial charge in [-0.15, -0.1) is 0 Å². The molecule has 3 amide bonds. The van der Waals surface area contributed by atoms with Crippen molar-refractivity contribution >= 4 is 23.6 Å². The van der Waals surface area contributed by atoms with Crippen molar-refractivity contribution in [1.29, 1.82) is 0 Å². The van der Waals surface area contributed by atoms with Gasteiger partial charge in [-0.05, 0) is 48.6 Å². The maximum atomic E-state index is 13.6. The van der Waals surface area contributed by atoms with Crippen molar-refractivity contribution < 1.29 is 19.1 Å². The molecule has 39 heavy (non-hydrogen) atoms. The largest absolute Gasteiger partial charge is 0.712 e. The van der Waals surface area contributed by atoms with Crippen LogP contribution < -0.4 is 21.3 Å². The second-order valence-electron chi connectivity index (χ2n) is 11.8. The highest BCUT2D eigenvalue weighted by molar-refractivity contribution is 5.95. The number of hydrogen-bond donors (Lipinski definition) is 3. The molecule has 0 saturated heterocycles. The van der Waals surface area contributed by atoms with Crippen LogP contribution in [0.2, 0.25) is 0 Å². The molecule has 0 radical (unpaired) electrons. The molecule has 10 nitrogen and oxygen atoms in total. The van der Waals surface area contributed by atoms with Gasteiger partial charge in [-0.2, -0.15) is 0 Å². The molecule has 1 aromatic rings. The normalized spacial score (nSPS) is 17.5. The topological polar surface area (TPSA) is 148 Å². The molecule has 0 unspecified atom stereocenters. The molecule has 0 fully saturated rings. The monoisotopic (exact) mass is 543 g/mol. The number of nitrogens with two attached hydrogens (primary N) is 1. The van der Waals surface area contributed by atoms with E-state index in [1.54, 1.807) is 4.90 Å². The second-order valence-corrected chi connectivity index (χ2v) is 11.8. The van der Waals surface area contributed by atoms with Gasteiger partial charge in [0.15, 0.2) is 0 Å². The third-order valence-electron chi connectivity index (χ3n) is 7.49. The number of ether oxygens (including phenoxy) is 1. The minimum Gasteiger partial charge on any atom is -0.712 e. The Morgan fingerprint density at radius 2 is 1.95 bits per heavy atom. The van der Waals surface area contributed by atoms with E-state index < -0.39 is 23.6 Å². The first kappa shape index (κ1) is 32.2.